The number of nitrogens with zero attached hydrogens (tertiary/aromatic N) is 2. The second-order valence-electron chi connectivity index (χ2n) is 5.10. The lowest BCUT2D eigenvalue weighted by atomic mass is 10.1. The molecule has 0 aromatic heterocycles. The second-order valence-corrected chi connectivity index (χ2v) is 5.10. The van der Waals surface area contributed by atoms with Gasteiger partial charge in [-0.3, -0.25) is 4.90 Å². The number of piperazine rings is 1. The topological polar surface area (TPSA) is 18.5 Å². The van der Waals surface area contributed by atoms with Crippen molar-refractivity contribution in [2.75, 3.05) is 39.3 Å². The molecule has 1 aliphatic heterocycles. The average molecular weight is 241 g/mol. The van der Waals surface area contributed by atoms with Crippen LogP contribution in [-0.2, 0) is 0 Å². The van der Waals surface area contributed by atoms with E-state index in [2.05, 4.69) is 42.8 Å². The van der Waals surface area contributed by atoms with E-state index < -0.39 is 0 Å². The summed E-state index contributed by atoms with van der Waals surface area (Å²) in [5, 5.41) is 3.66. The summed E-state index contributed by atoms with van der Waals surface area (Å²) in [6.45, 7) is 16.3. The van der Waals surface area contributed by atoms with E-state index in [9.17, 15) is 0 Å². The van der Waals surface area contributed by atoms with Gasteiger partial charge in [0.2, 0.25) is 0 Å². The number of likely N-dealkylation sites (N-methyl/N-ethyl adjacent to an activating group) is 1. The maximum atomic E-state index is 3.66. The van der Waals surface area contributed by atoms with Gasteiger partial charge >= 0.3 is 0 Å². The molecule has 2 unspecified atom stereocenters. The van der Waals surface area contributed by atoms with Crippen molar-refractivity contribution >= 4 is 0 Å². The first-order chi connectivity index (χ1) is 8.24. The molecule has 0 aliphatic carbocycles. The highest BCUT2D eigenvalue weighted by Gasteiger charge is 2.25. The largest absolute Gasteiger partial charge is 0.311 e. The van der Waals surface area contributed by atoms with Crippen LogP contribution in [0.4, 0.5) is 0 Å². The third kappa shape index (κ3) is 4.57. The van der Waals surface area contributed by atoms with Crippen molar-refractivity contribution in [1.82, 2.24) is 15.1 Å². The van der Waals surface area contributed by atoms with Gasteiger partial charge in [0, 0.05) is 38.3 Å². The van der Waals surface area contributed by atoms with Crippen LogP contribution >= 0.6 is 0 Å². The highest BCUT2D eigenvalue weighted by atomic mass is 15.3. The molecule has 2 atom stereocenters. The molecule has 3 nitrogen and oxygen atoms in total. The Balaban J connectivity index is 2.40. The molecule has 0 aromatic carbocycles. The lowest BCUT2D eigenvalue weighted by Gasteiger charge is -2.40. The minimum atomic E-state index is 0.703. The van der Waals surface area contributed by atoms with E-state index in [1.807, 2.05) is 0 Å². The van der Waals surface area contributed by atoms with Crippen LogP contribution in [0, 0.1) is 0 Å². The Labute approximate surface area is 108 Å². The molecule has 0 aromatic rings. The van der Waals surface area contributed by atoms with Gasteiger partial charge < -0.3 is 10.2 Å². The molecule has 1 rings (SSSR count). The Morgan fingerprint density at radius 3 is 2.35 bits per heavy atom. The number of hydrogen-bond donors (Lipinski definition) is 1. The first-order valence-corrected chi connectivity index (χ1v) is 7.44. The predicted octanol–water partition coefficient (Wildman–Crippen LogP) is 1.79. The molecule has 3 heteroatoms. The summed E-state index contributed by atoms with van der Waals surface area (Å²) in [6.07, 6.45) is 2.51. The molecule has 1 heterocycles. The van der Waals surface area contributed by atoms with E-state index in [0.717, 1.165) is 6.04 Å². The zero-order chi connectivity index (χ0) is 12.7. The van der Waals surface area contributed by atoms with Crippen LogP contribution in [0.5, 0.6) is 0 Å². The monoisotopic (exact) mass is 241 g/mol. The summed E-state index contributed by atoms with van der Waals surface area (Å²) < 4.78 is 0. The van der Waals surface area contributed by atoms with Crippen LogP contribution < -0.4 is 5.32 Å². The van der Waals surface area contributed by atoms with Gasteiger partial charge in [-0.05, 0) is 25.9 Å². The summed E-state index contributed by atoms with van der Waals surface area (Å²) in [5.74, 6) is 0. The van der Waals surface area contributed by atoms with Crippen molar-refractivity contribution in [3.8, 4) is 0 Å². The van der Waals surface area contributed by atoms with Gasteiger partial charge in [0.1, 0.15) is 0 Å². The third-order valence-electron chi connectivity index (χ3n) is 4.18. The fraction of sp³-hybridized carbons (Fsp3) is 1.00. The normalized spacial score (nSPS) is 26.6. The highest BCUT2D eigenvalue weighted by Crippen LogP contribution is 2.11. The Bertz CT molecular complexity index is 192. The molecule has 0 amide bonds. The summed E-state index contributed by atoms with van der Waals surface area (Å²) in [4.78, 5) is 5.22. The lowest BCUT2D eigenvalue weighted by Crippen LogP contribution is -2.57. The van der Waals surface area contributed by atoms with Crippen LogP contribution in [0.2, 0.25) is 0 Å². The van der Waals surface area contributed by atoms with E-state index in [1.165, 1.54) is 52.1 Å². The number of nitrogens with one attached hydrogen (secondary N) is 1. The second kappa shape index (κ2) is 8.06. The Morgan fingerprint density at radius 1 is 1.12 bits per heavy atom. The van der Waals surface area contributed by atoms with Gasteiger partial charge in [-0.15, -0.1) is 0 Å². The van der Waals surface area contributed by atoms with Gasteiger partial charge in [-0.25, -0.2) is 0 Å². The van der Waals surface area contributed by atoms with E-state index >= 15 is 0 Å². The molecule has 0 bridgehead atoms. The maximum Gasteiger partial charge on any atom is 0.0219 e. The average Bonchev–Trinajstić information content (AvgIpc) is 2.39. The lowest BCUT2D eigenvalue weighted by molar-refractivity contribution is 0.109. The standard InChI is InChI=1S/C14H31N3/c1-5-13-12-17(14(6-2)11-15-13)10-9-16(7-3)8-4/h13-15H,5-12H2,1-4H3. The molecule has 0 saturated carbocycles. The molecule has 1 saturated heterocycles. The van der Waals surface area contributed by atoms with Crippen LogP contribution in [0.15, 0.2) is 0 Å². The quantitative estimate of drug-likeness (QED) is 0.733. The maximum absolute atomic E-state index is 3.66. The molecular weight excluding hydrogens is 210 g/mol. The number of hydrogen-bond acceptors (Lipinski definition) is 3. The van der Waals surface area contributed by atoms with Crippen molar-refractivity contribution in [2.24, 2.45) is 0 Å². The van der Waals surface area contributed by atoms with Crippen molar-refractivity contribution in [3.63, 3.8) is 0 Å². The van der Waals surface area contributed by atoms with Crippen molar-refractivity contribution in [1.29, 1.82) is 0 Å². The molecular formula is C14H31N3. The van der Waals surface area contributed by atoms with Gasteiger partial charge in [0.15, 0.2) is 0 Å². The van der Waals surface area contributed by atoms with E-state index in [-0.39, 0.29) is 0 Å². The first kappa shape index (κ1) is 14.9. The van der Waals surface area contributed by atoms with Crippen LogP contribution in [0.3, 0.4) is 0 Å². The first-order valence-electron chi connectivity index (χ1n) is 7.44. The molecule has 0 radical (unpaired) electrons. The summed E-state index contributed by atoms with van der Waals surface area (Å²) in [7, 11) is 0. The zero-order valence-corrected chi connectivity index (χ0v) is 12.2. The minimum Gasteiger partial charge on any atom is -0.311 e. The zero-order valence-electron chi connectivity index (χ0n) is 12.2. The summed E-state index contributed by atoms with van der Waals surface area (Å²) in [5.41, 5.74) is 0. The molecule has 1 fully saturated rings. The van der Waals surface area contributed by atoms with Crippen molar-refractivity contribution < 1.29 is 0 Å². The smallest absolute Gasteiger partial charge is 0.0219 e. The molecule has 0 spiro atoms. The highest BCUT2D eigenvalue weighted by molar-refractivity contribution is 4.85. The van der Waals surface area contributed by atoms with Gasteiger partial charge in [-0.2, -0.15) is 0 Å². The van der Waals surface area contributed by atoms with Crippen molar-refractivity contribution in [3.05, 3.63) is 0 Å². The molecule has 102 valence electrons. The molecule has 17 heavy (non-hydrogen) atoms. The Kier molecular flexibility index (Phi) is 7.09. The Hall–Kier alpha value is -0.120. The summed E-state index contributed by atoms with van der Waals surface area (Å²) >= 11 is 0. The molecule has 1 N–H and O–H groups in total. The number of rotatable bonds is 7. The SMILES string of the molecule is CCC1CN(CCN(CC)CC)C(CC)CN1. The third-order valence-corrected chi connectivity index (χ3v) is 4.18. The van der Waals surface area contributed by atoms with E-state index in [0.29, 0.717) is 6.04 Å². The fourth-order valence-corrected chi connectivity index (χ4v) is 2.69. The Morgan fingerprint density at radius 2 is 1.82 bits per heavy atom. The van der Waals surface area contributed by atoms with Gasteiger partial charge in [0.05, 0.1) is 0 Å². The van der Waals surface area contributed by atoms with Crippen LogP contribution in [-0.4, -0.2) is 61.2 Å². The minimum absolute atomic E-state index is 0.703. The summed E-state index contributed by atoms with van der Waals surface area (Å²) in [6, 6.07) is 1.45. The van der Waals surface area contributed by atoms with Crippen LogP contribution in [0.25, 0.3) is 0 Å². The predicted molar refractivity (Wildman–Crippen MR) is 75.5 cm³/mol. The van der Waals surface area contributed by atoms with Gasteiger partial charge in [0.25, 0.3) is 0 Å². The van der Waals surface area contributed by atoms with E-state index in [4.69, 9.17) is 0 Å². The molecule has 1 aliphatic rings. The van der Waals surface area contributed by atoms with E-state index in [1.54, 1.807) is 0 Å². The van der Waals surface area contributed by atoms with Crippen molar-refractivity contribution in [2.45, 2.75) is 52.6 Å². The van der Waals surface area contributed by atoms with Crippen LogP contribution in [0.1, 0.15) is 40.5 Å². The fourth-order valence-electron chi connectivity index (χ4n) is 2.69. The van der Waals surface area contributed by atoms with Gasteiger partial charge in [-0.1, -0.05) is 27.7 Å².